The van der Waals surface area contributed by atoms with E-state index in [0.29, 0.717) is 36.0 Å². The van der Waals surface area contributed by atoms with Crippen molar-refractivity contribution < 1.29 is 17.9 Å². The van der Waals surface area contributed by atoms with Crippen molar-refractivity contribution in [1.29, 1.82) is 0 Å². The Balaban J connectivity index is 1.44. The predicted molar refractivity (Wildman–Crippen MR) is 127 cm³/mol. The van der Waals surface area contributed by atoms with Crippen molar-refractivity contribution in [1.82, 2.24) is 0 Å². The van der Waals surface area contributed by atoms with E-state index in [0.717, 1.165) is 29.4 Å². The molecule has 4 aromatic carbocycles. The molecule has 0 radical (unpaired) electrons. The summed E-state index contributed by atoms with van der Waals surface area (Å²) in [5.41, 5.74) is 4.49. The minimum atomic E-state index is -0.802. The minimum Gasteiger partial charge on any atom is -0.380 e. The number of rotatable bonds is 8. The molecule has 0 bridgehead atoms. The Kier molecular flexibility index (Phi) is 7.36. The molecular weight excluding hydrogens is 445 g/mol. The summed E-state index contributed by atoms with van der Waals surface area (Å²) in [7, 11) is 1.68. The summed E-state index contributed by atoms with van der Waals surface area (Å²) in [6.45, 7) is 0.603. The molecule has 0 heterocycles. The summed E-state index contributed by atoms with van der Waals surface area (Å²) in [5.74, 6) is -1.89. The molecule has 0 saturated carbocycles. The first-order valence-corrected chi connectivity index (χ1v) is 11.2. The summed E-state index contributed by atoms with van der Waals surface area (Å²) < 4.78 is 47.6. The van der Waals surface area contributed by atoms with Gasteiger partial charge in [-0.15, -0.1) is 0 Å². The van der Waals surface area contributed by atoms with E-state index in [9.17, 15) is 8.78 Å². The molecule has 5 heteroatoms. The number of methoxy groups -OCH3 is 1. The third-order valence-electron chi connectivity index (χ3n) is 5.86. The maximum Gasteiger partial charge on any atom is 0.145 e. The summed E-state index contributed by atoms with van der Waals surface area (Å²) in [6.07, 6.45) is 2.40. The van der Waals surface area contributed by atoms with E-state index in [-0.39, 0.29) is 5.82 Å². The van der Waals surface area contributed by atoms with Crippen LogP contribution in [0.1, 0.15) is 27.8 Å². The highest BCUT2D eigenvalue weighted by Crippen LogP contribution is 2.26. The Hall–Kier alpha value is -2.82. The van der Waals surface area contributed by atoms with Crippen LogP contribution < -0.4 is 0 Å². The molecule has 0 amide bonds. The van der Waals surface area contributed by atoms with E-state index in [1.54, 1.807) is 13.2 Å². The lowest BCUT2D eigenvalue weighted by Crippen LogP contribution is -1.98. The van der Waals surface area contributed by atoms with Crippen molar-refractivity contribution in [3.05, 3.63) is 117 Å². The molecule has 0 aromatic heterocycles. The second-order valence-electron chi connectivity index (χ2n) is 8.22. The van der Waals surface area contributed by atoms with Gasteiger partial charge in [-0.2, -0.15) is 0 Å². The summed E-state index contributed by atoms with van der Waals surface area (Å²) >= 11 is 5.53. The lowest BCUT2D eigenvalue weighted by atomic mass is 9.97. The molecule has 0 N–H and O–H groups in total. The van der Waals surface area contributed by atoms with E-state index in [1.807, 2.05) is 24.3 Å². The highest BCUT2D eigenvalue weighted by molar-refractivity contribution is 6.30. The van der Waals surface area contributed by atoms with Gasteiger partial charge >= 0.3 is 0 Å². The van der Waals surface area contributed by atoms with E-state index in [1.165, 1.54) is 17.7 Å². The first kappa shape index (κ1) is 23.3. The van der Waals surface area contributed by atoms with Crippen LogP contribution in [0.15, 0.2) is 66.7 Å². The van der Waals surface area contributed by atoms with Gasteiger partial charge in [-0.3, -0.25) is 0 Å². The molecule has 0 aliphatic heterocycles. The van der Waals surface area contributed by atoms with Crippen LogP contribution in [0.5, 0.6) is 0 Å². The second kappa shape index (κ2) is 10.4. The number of ether oxygens (including phenoxy) is 1. The number of hydrogen-bond donors (Lipinski definition) is 0. The third-order valence-corrected chi connectivity index (χ3v) is 6.22. The monoisotopic (exact) mass is 468 g/mol. The molecular formula is C28H24ClF3O. The Labute approximate surface area is 196 Å². The maximum atomic E-state index is 15.1. The van der Waals surface area contributed by atoms with Gasteiger partial charge in [0.25, 0.3) is 0 Å². The molecule has 0 spiro atoms. The standard InChI is InChI=1S/C28H24ClF3O/c1-33-17-20-6-3-18(4-7-20)2-5-19-9-13-24-23(14-19)12-11-22(28(24)32)10-8-21-15-25(30)27(29)26(31)16-21/h3-4,6-7,9,11-16H,2,5,8,10,17H2,1H3. The van der Waals surface area contributed by atoms with E-state index in [2.05, 4.69) is 24.3 Å². The normalized spacial score (nSPS) is 11.3. The van der Waals surface area contributed by atoms with Gasteiger partial charge in [0.15, 0.2) is 0 Å². The van der Waals surface area contributed by atoms with Crippen LogP contribution in [0, 0.1) is 17.5 Å². The highest BCUT2D eigenvalue weighted by atomic mass is 35.5. The van der Waals surface area contributed by atoms with Gasteiger partial charge in [0, 0.05) is 12.5 Å². The largest absolute Gasteiger partial charge is 0.380 e. The van der Waals surface area contributed by atoms with Gasteiger partial charge < -0.3 is 4.74 Å². The van der Waals surface area contributed by atoms with E-state index < -0.39 is 16.7 Å². The molecule has 0 saturated heterocycles. The Morgan fingerprint density at radius 2 is 1.27 bits per heavy atom. The lowest BCUT2D eigenvalue weighted by molar-refractivity contribution is 0.185. The average Bonchev–Trinajstić information content (AvgIpc) is 2.82. The zero-order chi connectivity index (χ0) is 23.4. The summed E-state index contributed by atoms with van der Waals surface area (Å²) in [6, 6.07) is 20.2. The van der Waals surface area contributed by atoms with Crippen molar-refractivity contribution in [2.24, 2.45) is 0 Å². The molecule has 0 aliphatic carbocycles. The van der Waals surface area contributed by atoms with Crippen molar-refractivity contribution in [3.8, 4) is 0 Å². The van der Waals surface area contributed by atoms with E-state index in [4.69, 9.17) is 16.3 Å². The fraction of sp³-hybridized carbons (Fsp3) is 0.214. The van der Waals surface area contributed by atoms with Crippen molar-refractivity contribution in [2.45, 2.75) is 32.3 Å². The quantitative estimate of drug-likeness (QED) is 0.241. The van der Waals surface area contributed by atoms with Crippen molar-refractivity contribution >= 4 is 22.4 Å². The maximum absolute atomic E-state index is 15.1. The van der Waals surface area contributed by atoms with Crippen LogP contribution in [0.2, 0.25) is 5.02 Å². The third kappa shape index (κ3) is 5.58. The topological polar surface area (TPSA) is 9.23 Å². The summed E-state index contributed by atoms with van der Waals surface area (Å²) in [5, 5.41) is 0.871. The van der Waals surface area contributed by atoms with Crippen LogP contribution >= 0.6 is 11.6 Å². The van der Waals surface area contributed by atoms with Crippen LogP contribution in [0.4, 0.5) is 13.2 Å². The molecule has 1 nitrogen and oxygen atoms in total. The number of halogens is 4. The first-order valence-electron chi connectivity index (χ1n) is 10.8. The van der Waals surface area contributed by atoms with Crippen LogP contribution in [-0.4, -0.2) is 7.11 Å². The molecule has 0 aliphatic rings. The van der Waals surface area contributed by atoms with Crippen molar-refractivity contribution in [3.63, 3.8) is 0 Å². The molecule has 4 aromatic rings. The van der Waals surface area contributed by atoms with E-state index >= 15 is 4.39 Å². The van der Waals surface area contributed by atoms with Gasteiger partial charge in [0.1, 0.15) is 22.5 Å². The first-order chi connectivity index (χ1) is 15.9. The zero-order valence-corrected chi connectivity index (χ0v) is 19.1. The van der Waals surface area contributed by atoms with Gasteiger partial charge in [0.2, 0.25) is 0 Å². The van der Waals surface area contributed by atoms with Crippen LogP contribution in [-0.2, 0) is 37.0 Å². The molecule has 0 atom stereocenters. The number of benzene rings is 4. The Morgan fingerprint density at radius 3 is 1.97 bits per heavy atom. The van der Waals surface area contributed by atoms with Crippen molar-refractivity contribution in [2.75, 3.05) is 7.11 Å². The second-order valence-corrected chi connectivity index (χ2v) is 8.60. The molecule has 4 rings (SSSR count). The fourth-order valence-electron chi connectivity index (χ4n) is 4.02. The van der Waals surface area contributed by atoms with Crippen LogP contribution in [0.3, 0.4) is 0 Å². The smallest absolute Gasteiger partial charge is 0.145 e. The van der Waals surface area contributed by atoms with Crippen LogP contribution in [0.25, 0.3) is 10.8 Å². The molecule has 33 heavy (non-hydrogen) atoms. The summed E-state index contributed by atoms with van der Waals surface area (Å²) in [4.78, 5) is 0. The molecule has 0 unspecified atom stereocenters. The zero-order valence-electron chi connectivity index (χ0n) is 18.3. The van der Waals surface area contributed by atoms with Gasteiger partial charge in [-0.05, 0) is 71.0 Å². The minimum absolute atomic E-state index is 0.289. The number of aryl methyl sites for hydroxylation is 4. The van der Waals surface area contributed by atoms with Gasteiger partial charge in [-0.1, -0.05) is 66.2 Å². The Bertz CT molecular complexity index is 1250. The average molecular weight is 469 g/mol. The molecule has 0 fully saturated rings. The fourth-order valence-corrected chi connectivity index (χ4v) is 4.13. The SMILES string of the molecule is COCc1ccc(CCc2ccc3c(F)c(CCc4cc(F)c(Cl)c(F)c4)ccc3c2)cc1. The van der Waals surface area contributed by atoms with Gasteiger partial charge in [-0.25, -0.2) is 13.2 Å². The Morgan fingerprint density at radius 1 is 0.667 bits per heavy atom. The number of hydrogen-bond acceptors (Lipinski definition) is 1. The highest BCUT2D eigenvalue weighted by Gasteiger charge is 2.12. The predicted octanol–water partition coefficient (Wildman–Crippen LogP) is 7.63. The van der Waals surface area contributed by atoms with Gasteiger partial charge in [0.05, 0.1) is 6.61 Å². The molecule has 170 valence electrons. The lowest BCUT2D eigenvalue weighted by Gasteiger charge is -2.10. The number of fused-ring (bicyclic) bond motifs is 1.